The standard InChI is InChI=1S/C8H4Cl2N2O/c9-5-1-2-7(6(10)3-5)12-8(13)4-11/h1-3H,(H,12,13). The Morgan fingerprint density at radius 2 is 2.15 bits per heavy atom. The Bertz CT molecular complexity index is 384. The summed E-state index contributed by atoms with van der Waals surface area (Å²) in [7, 11) is 0. The van der Waals surface area contributed by atoms with Gasteiger partial charge in [-0.3, -0.25) is 4.79 Å². The lowest BCUT2D eigenvalue weighted by Crippen LogP contribution is -2.08. The fourth-order valence-corrected chi connectivity index (χ4v) is 1.20. The van der Waals surface area contributed by atoms with Crippen LogP contribution in [0.1, 0.15) is 0 Å². The number of benzene rings is 1. The van der Waals surface area contributed by atoms with Gasteiger partial charge < -0.3 is 5.32 Å². The normalized spacial score (nSPS) is 9.00. The first kappa shape index (κ1) is 9.85. The van der Waals surface area contributed by atoms with Gasteiger partial charge in [0.25, 0.3) is 0 Å². The minimum atomic E-state index is -0.760. The van der Waals surface area contributed by atoms with Gasteiger partial charge >= 0.3 is 5.91 Å². The average molecular weight is 215 g/mol. The molecule has 13 heavy (non-hydrogen) atoms. The van der Waals surface area contributed by atoms with Gasteiger partial charge in [-0.15, -0.1) is 0 Å². The second kappa shape index (κ2) is 4.13. The molecule has 1 aromatic carbocycles. The van der Waals surface area contributed by atoms with E-state index in [1.807, 2.05) is 0 Å². The molecule has 1 N–H and O–H groups in total. The second-order valence-corrected chi connectivity index (χ2v) is 3.03. The Balaban J connectivity index is 2.91. The van der Waals surface area contributed by atoms with Crippen molar-refractivity contribution in [3.05, 3.63) is 28.2 Å². The molecule has 0 aliphatic carbocycles. The zero-order valence-electron chi connectivity index (χ0n) is 6.34. The van der Waals surface area contributed by atoms with Gasteiger partial charge in [-0.1, -0.05) is 23.2 Å². The van der Waals surface area contributed by atoms with Crippen molar-refractivity contribution in [2.24, 2.45) is 0 Å². The van der Waals surface area contributed by atoms with Crippen LogP contribution >= 0.6 is 23.2 Å². The first-order valence-electron chi connectivity index (χ1n) is 3.29. The average Bonchev–Trinajstić information content (AvgIpc) is 2.09. The number of carbonyl (C=O) groups is 1. The summed E-state index contributed by atoms with van der Waals surface area (Å²) in [4.78, 5) is 10.7. The Kier molecular flexibility index (Phi) is 3.13. The number of nitriles is 1. The summed E-state index contributed by atoms with van der Waals surface area (Å²) in [5.74, 6) is -0.760. The van der Waals surface area contributed by atoms with Gasteiger partial charge in [-0.25, -0.2) is 0 Å². The molecule has 0 unspecified atom stereocenters. The lowest BCUT2D eigenvalue weighted by Gasteiger charge is -2.02. The Morgan fingerprint density at radius 3 is 2.69 bits per heavy atom. The molecule has 0 fully saturated rings. The summed E-state index contributed by atoms with van der Waals surface area (Å²) in [6, 6.07) is 5.99. The Hall–Kier alpha value is -1.24. The lowest BCUT2D eigenvalue weighted by molar-refractivity contribution is -0.111. The molecule has 0 aliphatic rings. The van der Waals surface area contributed by atoms with Gasteiger partial charge in [-0.05, 0) is 18.2 Å². The van der Waals surface area contributed by atoms with E-state index in [1.54, 1.807) is 6.07 Å². The van der Waals surface area contributed by atoms with Gasteiger partial charge in [0, 0.05) is 5.02 Å². The molecule has 3 nitrogen and oxygen atoms in total. The van der Waals surface area contributed by atoms with Crippen molar-refractivity contribution >= 4 is 34.8 Å². The van der Waals surface area contributed by atoms with Crippen LogP contribution < -0.4 is 5.32 Å². The lowest BCUT2D eigenvalue weighted by atomic mass is 10.3. The van der Waals surface area contributed by atoms with Crippen LogP contribution in [0.15, 0.2) is 18.2 Å². The van der Waals surface area contributed by atoms with Gasteiger partial charge in [-0.2, -0.15) is 5.26 Å². The second-order valence-electron chi connectivity index (χ2n) is 2.19. The predicted molar refractivity (Wildman–Crippen MR) is 50.7 cm³/mol. The summed E-state index contributed by atoms with van der Waals surface area (Å²) in [6.07, 6.45) is 0. The summed E-state index contributed by atoms with van der Waals surface area (Å²) in [6.45, 7) is 0. The quantitative estimate of drug-likeness (QED) is 0.731. The van der Waals surface area contributed by atoms with Crippen molar-refractivity contribution in [1.82, 2.24) is 0 Å². The van der Waals surface area contributed by atoms with Crippen molar-refractivity contribution in [2.45, 2.75) is 0 Å². The number of hydrogen-bond donors (Lipinski definition) is 1. The summed E-state index contributed by atoms with van der Waals surface area (Å²) in [5.41, 5.74) is 0.373. The monoisotopic (exact) mass is 214 g/mol. The zero-order valence-corrected chi connectivity index (χ0v) is 7.86. The first-order chi connectivity index (χ1) is 6.13. The molecule has 0 aliphatic heterocycles. The maximum Gasteiger partial charge on any atom is 0.326 e. The number of rotatable bonds is 1. The molecule has 0 saturated carbocycles. The highest BCUT2D eigenvalue weighted by Gasteiger charge is 2.04. The Morgan fingerprint density at radius 1 is 1.46 bits per heavy atom. The molecule has 0 atom stereocenters. The molecule has 0 aromatic heterocycles. The molecular formula is C8H4Cl2N2O. The fourth-order valence-electron chi connectivity index (χ4n) is 0.741. The van der Waals surface area contributed by atoms with Gasteiger partial charge in [0.15, 0.2) is 6.07 Å². The summed E-state index contributed by atoms with van der Waals surface area (Å²) in [5, 5.41) is 11.3. The van der Waals surface area contributed by atoms with Gasteiger partial charge in [0.2, 0.25) is 0 Å². The van der Waals surface area contributed by atoms with Crippen molar-refractivity contribution in [3.8, 4) is 6.07 Å². The highest BCUT2D eigenvalue weighted by Crippen LogP contribution is 2.24. The largest absolute Gasteiger partial charge is 0.326 e. The number of carbonyl (C=O) groups excluding carboxylic acids is 1. The van der Waals surface area contributed by atoms with Crippen LogP contribution in [0.2, 0.25) is 10.0 Å². The number of nitrogens with zero attached hydrogens (tertiary/aromatic N) is 1. The van der Waals surface area contributed by atoms with Gasteiger partial charge in [0.1, 0.15) is 0 Å². The van der Waals surface area contributed by atoms with E-state index in [0.717, 1.165) is 0 Å². The fraction of sp³-hybridized carbons (Fsp3) is 0. The molecule has 1 amide bonds. The number of amides is 1. The van der Waals surface area contributed by atoms with E-state index >= 15 is 0 Å². The van der Waals surface area contributed by atoms with Crippen LogP contribution in [0.4, 0.5) is 5.69 Å². The van der Waals surface area contributed by atoms with Crippen LogP contribution in [0.25, 0.3) is 0 Å². The SMILES string of the molecule is N#CC(=O)Nc1ccc(Cl)cc1Cl. The number of hydrogen-bond acceptors (Lipinski definition) is 2. The third-order valence-electron chi connectivity index (χ3n) is 1.28. The summed E-state index contributed by atoms with van der Waals surface area (Å²) < 4.78 is 0. The smallest absolute Gasteiger partial charge is 0.312 e. The topological polar surface area (TPSA) is 52.9 Å². The van der Waals surface area contributed by atoms with Gasteiger partial charge in [0.05, 0.1) is 10.7 Å². The minimum absolute atomic E-state index is 0.302. The molecular weight excluding hydrogens is 211 g/mol. The van der Waals surface area contributed by atoms with Crippen LogP contribution in [0, 0.1) is 11.3 Å². The van der Waals surface area contributed by atoms with Crippen molar-refractivity contribution in [2.75, 3.05) is 5.32 Å². The molecule has 0 spiro atoms. The third kappa shape index (κ3) is 2.62. The van der Waals surface area contributed by atoms with Crippen LogP contribution in [-0.4, -0.2) is 5.91 Å². The third-order valence-corrected chi connectivity index (χ3v) is 1.83. The highest BCUT2D eigenvalue weighted by molar-refractivity contribution is 6.36. The van der Waals surface area contributed by atoms with Crippen LogP contribution in [0.3, 0.4) is 0 Å². The van der Waals surface area contributed by atoms with Crippen LogP contribution in [0.5, 0.6) is 0 Å². The maximum atomic E-state index is 10.7. The highest BCUT2D eigenvalue weighted by atomic mass is 35.5. The van der Waals surface area contributed by atoms with E-state index < -0.39 is 5.91 Å². The van der Waals surface area contributed by atoms with Crippen molar-refractivity contribution < 1.29 is 4.79 Å². The molecule has 1 rings (SSSR count). The van der Waals surface area contributed by atoms with E-state index in [0.29, 0.717) is 15.7 Å². The number of halogens is 2. The molecule has 0 radical (unpaired) electrons. The predicted octanol–water partition coefficient (Wildman–Crippen LogP) is 2.46. The first-order valence-corrected chi connectivity index (χ1v) is 4.05. The number of nitrogens with one attached hydrogen (secondary N) is 1. The Labute approximate surface area is 84.9 Å². The molecule has 0 heterocycles. The van der Waals surface area contributed by atoms with E-state index in [4.69, 9.17) is 28.5 Å². The zero-order chi connectivity index (χ0) is 9.84. The number of anilines is 1. The molecule has 0 saturated heterocycles. The van der Waals surface area contributed by atoms with Crippen molar-refractivity contribution in [3.63, 3.8) is 0 Å². The van der Waals surface area contributed by atoms with Crippen LogP contribution in [-0.2, 0) is 4.79 Å². The van der Waals surface area contributed by atoms with E-state index in [2.05, 4.69) is 5.32 Å². The summed E-state index contributed by atoms with van der Waals surface area (Å²) >= 11 is 11.3. The molecule has 0 bridgehead atoms. The van der Waals surface area contributed by atoms with E-state index in [1.165, 1.54) is 18.2 Å². The molecule has 66 valence electrons. The molecule has 1 aromatic rings. The van der Waals surface area contributed by atoms with E-state index in [-0.39, 0.29) is 0 Å². The maximum absolute atomic E-state index is 10.7. The molecule has 5 heteroatoms. The van der Waals surface area contributed by atoms with E-state index in [9.17, 15) is 4.79 Å². The minimum Gasteiger partial charge on any atom is -0.312 e. The van der Waals surface area contributed by atoms with Crippen molar-refractivity contribution in [1.29, 1.82) is 5.26 Å².